The van der Waals surface area contributed by atoms with Crippen LogP contribution in [0.25, 0.3) is 0 Å². The number of alkyl halides is 2. The Morgan fingerprint density at radius 1 is 1.30 bits per heavy atom. The van der Waals surface area contributed by atoms with Crippen molar-refractivity contribution < 1.29 is 28.1 Å². The molecule has 10 heteroatoms. The summed E-state index contributed by atoms with van der Waals surface area (Å²) in [6.07, 6.45) is -3.85. The van der Waals surface area contributed by atoms with Gasteiger partial charge in [0.25, 0.3) is 0 Å². The van der Waals surface area contributed by atoms with E-state index in [1.54, 1.807) is 0 Å². The number of benzene rings is 1. The maximum atomic E-state index is 13.0. The summed E-state index contributed by atoms with van der Waals surface area (Å²) in [6, 6.07) is 2.10. The first kappa shape index (κ1) is 15.0. The zero-order valence-electron chi connectivity index (χ0n) is 10.4. The number of halogens is 2. The second-order valence-corrected chi connectivity index (χ2v) is 4.37. The van der Waals surface area contributed by atoms with Crippen LogP contribution >= 0.6 is 0 Å². The molecule has 1 atom stereocenters. The Bertz CT molecular complexity index is 548. The van der Waals surface area contributed by atoms with Crippen LogP contribution in [0.2, 0.25) is 0 Å². The van der Waals surface area contributed by atoms with Gasteiger partial charge < -0.3 is 25.1 Å². The largest absolute Gasteiger partial charge is 0.586 e. The van der Waals surface area contributed by atoms with E-state index in [2.05, 4.69) is 9.47 Å². The molecule has 0 amide bonds. The van der Waals surface area contributed by atoms with E-state index in [9.17, 15) is 13.9 Å². The number of ether oxygens (including phenoxy) is 3. The molecule has 1 aliphatic heterocycles. The molecular weight excluding hydrogens is 269 g/mol. The van der Waals surface area contributed by atoms with E-state index >= 15 is 0 Å². The lowest BCUT2D eigenvalue weighted by molar-refractivity contribution is -0.287. The molecule has 0 aliphatic carbocycles. The van der Waals surface area contributed by atoms with Crippen LogP contribution in [-0.4, -0.2) is 47.4 Å². The van der Waals surface area contributed by atoms with E-state index in [1.165, 1.54) is 7.11 Å². The van der Waals surface area contributed by atoms with Crippen molar-refractivity contribution in [3.8, 4) is 17.2 Å². The average molecular weight is 277 g/mol. The van der Waals surface area contributed by atoms with Crippen molar-refractivity contribution in [3.63, 3.8) is 0 Å². The number of nitrogens with two attached hydrogens (primary N) is 1. The highest BCUT2D eigenvalue weighted by molar-refractivity contribution is 6.44. The summed E-state index contributed by atoms with van der Waals surface area (Å²) < 4.78 is 39.5. The summed E-state index contributed by atoms with van der Waals surface area (Å²) in [5.41, 5.74) is 2.76. The van der Waals surface area contributed by atoms with Crippen LogP contribution in [0.5, 0.6) is 17.2 Å². The number of aliphatic hydroxyl groups is 1. The van der Waals surface area contributed by atoms with Crippen LogP contribution in [-0.2, 0) is 5.50 Å². The molecule has 100 valence electrons. The molecule has 0 saturated carbocycles. The lowest BCUT2D eigenvalue weighted by Gasteiger charge is -2.39. The summed E-state index contributed by atoms with van der Waals surface area (Å²) in [5, 5.41) is 7.84. The van der Waals surface area contributed by atoms with E-state index in [-0.39, 0.29) is 17.1 Å². The second kappa shape index (κ2) is 4.29. The number of rotatable bonds is 3. The maximum absolute atomic E-state index is 13.0. The van der Waals surface area contributed by atoms with Gasteiger partial charge in [-0.1, -0.05) is 0 Å². The van der Waals surface area contributed by atoms with Gasteiger partial charge in [0.2, 0.25) is 5.75 Å². The summed E-state index contributed by atoms with van der Waals surface area (Å²) in [6.45, 7) is 0. The van der Waals surface area contributed by atoms with Gasteiger partial charge in [0.05, 0.1) is 22.8 Å². The van der Waals surface area contributed by atoms with Crippen molar-refractivity contribution in [1.29, 1.82) is 0 Å². The van der Waals surface area contributed by atoms with Crippen molar-refractivity contribution in [2.24, 2.45) is 5.73 Å². The fourth-order valence-corrected chi connectivity index (χ4v) is 1.64. The Kier molecular flexibility index (Phi) is 3.22. The second-order valence-electron chi connectivity index (χ2n) is 4.37. The van der Waals surface area contributed by atoms with Crippen LogP contribution in [0.4, 0.5) is 8.78 Å². The third-order valence-corrected chi connectivity index (χ3v) is 2.79. The quantitative estimate of drug-likeness (QED) is 0.713. The Labute approximate surface area is 117 Å². The van der Waals surface area contributed by atoms with E-state index in [0.717, 1.165) is 12.1 Å². The topological polar surface area (TPSA) is 73.9 Å². The molecule has 2 rings (SSSR count). The highest BCUT2D eigenvalue weighted by Crippen LogP contribution is 2.49. The van der Waals surface area contributed by atoms with E-state index < -0.39 is 22.9 Å². The van der Waals surface area contributed by atoms with E-state index in [4.69, 9.17) is 34.0 Å². The predicted octanol–water partition coefficient (Wildman–Crippen LogP) is -0.720. The van der Waals surface area contributed by atoms with Gasteiger partial charge in [0.1, 0.15) is 7.85 Å². The minimum atomic E-state index is -3.85. The van der Waals surface area contributed by atoms with Gasteiger partial charge in [-0.15, -0.1) is 8.78 Å². The molecule has 1 aromatic carbocycles. The van der Waals surface area contributed by atoms with Gasteiger partial charge in [0.15, 0.2) is 11.5 Å². The van der Waals surface area contributed by atoms with Gasteiger partial charge in [-0.3, -0.25) is 0 Å². The summed E-state index contributed by atoms with van der Waals surface area (Å²) in [5.74, 6) is -0.881. The first-order valence-corrected chi connectivity index (χ1v) is 5.34. The van der Waals surface area contributed by atoms with E-state index in [0.29, 0.717) is 0 Å². The van der Waals surface area contributed by atoms with Gasteiger partial charge in [-0.25, -0.2) is 0 Å². The highest BCUT2D eigenvalue weighted by atomic mass is 19.3. The normalized spacial score (nSPS) is 19.4. The van der Waals surface area contributed by atoms with Crippen LogP contribution in [0, 0.1) is 0 Å². The smallest absolute Gasteiger partial charge is 0.493 e. The number of methoxy groups -OCH3 is 1. The lowest BCUT2D eigenvalue weighted by Crippen LogP contribution is -2.60. The molecule has 1 unspecified atom stereocenters. The molecule has 0 bridgehead atoms. The third-order valence-electron chi connectivity index (χ3n) is 2.79. The molecule has 20 heavy (non-hydrogen) atoms. The van der Waals surface area contributed by atoms with Crippen LogP contribution < -0.4 is 19.9 Å². The standard InChI is InChI=1S/C10H8B3F2NO4/c1-18-5-2-4(8(11,17)9(12,13)16)3-6-7(5)20-10(14,15)19-6/h2-3,17H,16H2,1H3. The summed E-state index contributed by atoms with van der Waals surface area (Å²) in [7, 11) is 17.5. The van der Waals surface area contributed by atoms with Gasteiger partial charge in [0, 0.05) is 5.50 Å². The molecule has 3 N–H and O–H groups in total. The van der Waals surface area contributed by atoms with Crippen molar-refractivity contribution >= 4 is 23.5 Å². The zero-order valence-corrected chi connectivity index (χ0v) is 10.4. The Balaban J connectivity index is 2.56. The van der Waals surface area contributed by atoms with Crippen molar-refractivity contribution in [3.05, 3.63) is 17.7 Å². The minimum absolute atomic E-state index is 0.150. The molecule has 6 radical (unpaired) electrons. The van der Waals surface area contributed by atoms with Crippen molar-refractivity contribution in [1.82, 2.24) is 0 Å². The first-order chi connectivity index (χ1) is 8.98. The molecular formula is C10H8B3F2NO4. The molecule has 0 fully saturated rings. The monoisotopic (exact) mass is 277 g/mol. The third kappa shape index (κ3) is 2.33. The maximum Gasteiger partial charge on any atom is 0.586 e. The number of fused-ring (bicyclic) bond motifs is 1. The Morgan fingerprint density at radius 3 is 2.40 bits per heavy atom. The molecule has 0 spiro atoms. The summed E-state index contributed by atoms with van der Waals surface area (Å²) in [4.78, 5) is 0. The molecule has 5 nitrogen and oxygen atoms in total. The lowest BCUT2D eigenvalue weighted by atomic mass is 9.45. The number of hydrogen-bond donors (Lipinski definition) is 2. The predicted molar refractivity (Wildman–Crippen MR) is 67.3 cm³/mol. The van der Waals surface area contributed by atoms with E-state index in [1.807, 2.05) is 0 Å². The molecule has 1 aromatic rings. The zero-order chi connectivity index (χ0) is 15.3. The highest BCUT2D eigenvalue weighted by Gasteiger charge is 2.46. The first-order valence-electron chi connectivity index (χ1n) is 5.34. The van der Waals surface area contributed by atoms with Gasteiger partial charge in [-0.05, 0) is 23.0 Å². The van der Waals surface area contributed by atoms with Gasteiger partial charge >= 0.3 is 6.29 Å². The van der Waals surface area contributed by atoms with Crippen LogP contribution in [0.15, 0.2) is 12.1 Å². The molecule has 0 aromatic heterocycles. The summed E-state index contributed by atoms with van der Waals surface area (Å²) >= 11 is 0. The SMILES string of the molecule is [B]C([B])(N)C([B])(O)c1cc(OC)c2c(c1)OC(F)(F)O2. The number of hydrogen-bond acceptors (Lipinski definition) is 5. The molecule has 0 saturated heterocycles. The minimum Gasteiger partial charge on any atom is -0.493 e. The van der Waals surface area contributed by atoms with Crippen molar-refractivity contribution in [2.45, 2.75) is 17.1 Å². The Hall–Kier alpha value is -1.41. The fourth-order valence-electron chi connectivity index (χ4n) is 1.64. The fraction of sp³-hybridized carbons (Fsp3) is 0.400. The molecule has 1 aliphatic rings. The van der Waals surface area contributed by atoms with Crippen LogP contribution in [0.1, 0.15) is 5.56 Å². The van der Waals surface area contributed by atoms with Crippen molar-refractivity contribution in [2.75, 3.05) is 7.11 Å². The van der Waals surface area contributed by atoms with Gasteiger partial charge in [-0.2, -0.15) is 0 Å². The molecule has 1 heterocycles. The van der Waals surface area contributed by atoms with Crippen LogP contribution in [0.3, 0.4) is 0 Å². The average Bonchev–Trinajstić information content (AvgIpc) is 2.59. The Morgan fingerprint density at radius 2 is 1.90 bits per heavy atom.